The highest BCUT2D eigenvalue weighted by Crippen LogP contribution is 2.16. The SMILES string of the molecule is COCCNC(=O)C(C)Nc1ccccc1COC. The van der Waals surface area contributed by atoms with Crippen molar-refractivity contribution in [2.24, 2.45) is 0 Å². The molecule has 0 saturated carbocycles. The van der Waals surface area contributed by atoms with Gasteiger partial charge in [0.2, 0.25) is 5.91 Å². The Kier molecular flexibility index (Phi) is 6.92. The van der Waals surface area contributed by atoms with E-state index in [1.165, 1.54) is 0 Å². The van der Waals surface area contributed by atoms with Crippen molar-refractivity contribution in [1.82, 2.24) is 5.32 Å². The minimum Gasteiger partial charge on any atom is -0.383 e. The monoisotopic (exact) mass is 266 g/mol. The summed E-state index contributed by atoms with van der Waals surface area (Å²) in [6.45, 7) is 3.37. The third-order valence-electron chi connectivity index (χ3n) is 2.69. The van der Waals surface area contributed by atoms with E-state index in [9.17, 15) is 4.79 Å². The number of rotatable bonds is 8. The summed E-state index contributed by atoms with van der Waals surface area (Å²) < 4.78 is 10.0. The molecule has 1 rings (SSSR count). The van der Waals surface area contributed by atoms with Crippen LogP contribution in [0.3, 0.4) is 0 Å². The first-order chi connectivity index (χ1) is 9.19. The summed E-state index contributed by atoms with van der Waals surface area (Å²) in [5.41, 5.74) is 1.94. The molecule has 5 heteroatoms. The molecule has 1 amide bonds. The Balaban J connectivity index is 2.55. The van der Waals surface area contributed by atoms with Gasteiger partial charge in [0.1, 0.15) is 6.04 Å². The smallest absolute Gasteiger partial charge is 0.242 e. The molecular formula is C14H22N2O3. The Morgan fingerprint density at radius 1 is 1.26 bits per heavy atom. The maximum Gasteiger partial charge on any atom is 0.242 e. The van der Waals surface area contributed by atoms with Gasteiger partial charge in [-0.3, -0.25) is 4.79 Å². The molecule has 2 N–H and O–H groups in total. The van der Waals surface area contributed by atoms with Crippen LogP contribution < -0.4 is 10.6 Å². The highest BCUT2D eigenvalue weighted by Gasteiger charge is 2.13. The summed E-state index contributed by atoms with van der Waals surface area (Å²) in [6.07, 6.45) is 0. The molecule has 0 aliphatic carbocycles. The summed E-state index contributed by atoms with van der Waals surface area (Å²) in [4.78, 5) is 11.8. The number of carbonyl (C=O) groups is 1. The van der Waals surface area contributed by atoms with Gasteiger partial charge in [-0.05, 0) is 13.0 Å². The van der Waals surface area contributed by atoms with Gasteiger partial charge in [-0.1, -0.05) is 18.2 Å². The zero-order chi connectivity index (χ0) is 14.1. The average molecular weight is 266 g/mol. The molecule has 0 radical (unpaired) electrons. The van der Waals surface area contributed by atoms with E-state index in [1.54, 1.807) is 14.2 Å². The molecule has 1 aromatic rings. The van der Waals surface area contributed by atoms with E-state index >= 15 is 0 Å². The molecule has 0 bridgehead atoms. The van der Waals surface area contributed by atoms with E-state index in [2.05, 4.69) is 10.6 Å². The number of methoxy groups -OCH3 is 2. The molecule has 1 unspecified atom stereocenters. The Morgan fingerprint density at radius 3 is 2.68 bits per heavy atom. The molecule has 5 nitrogen and oxygen atoms in total. The summed E-state index contributed by atoms with van der Waals surface area (Å²) >= 11 is 0. The fraction of sp³-hybridized carbons (Fsp3) is 0.500. The fourth-order valence-corrected chi connectivity index (χ4v) is 1.67. The molecule has 0 heterocycles. The number of amides is 1. The standard InChI is InChI=1S/C14H22N2O3/c1-11(14(17)15-8-9-18-2)16-13-7-5-4-6-12(13)10-19-3/h4-7,11,16H,8-10H2,1-3H3,(H,15,17). The highest BCUT2D eigenvalue weighted by atomic mass is 16.5. The molecule has 1 atom stereocenters. The van der Waals surface area contributed by atoms with Crippen molar-refractivity contribution >= 4 is 11.6 Å². The van der Waals surface area contributed by atoms with Crippen LogP contribution in [0.2, 0.25) is 0 Å². The van der Waals surface area contributed by atoms with Crippen molar-refractivity contribution in [3.63, 3.8) is 0 Å². The van der Waals surface area contributed by atoms with Crippen molar-refractivity contribution in [2.75, 3.05) is 32.7 Å². The van der Waals surface area contributed by atoms with Crippen molar-refractivity contribution in [2.45, 2.75) is 19.6 Å². The van der Waals surface area contributed by atoms with E-state index in [-0.39, 0.29) is 11.9 Å². The van der Waals surface area contributed by atoms with Crippen LogP contribution in [0, 0.1) is 0 Å². The van der Waals surface area contributed by atoms with Gasteiger partial charge in [0.05, 0.1) is 13.2 Å². The lowest BCUT2D eigenvalue weighted by Crippen LogP contribution is -2.39. The van der Waals surface area contributed by atoms with Gasteiger partial charge in [-0.2, -0.15) is 0 Å². The fourth-order valence-electron chi connectivity index (χ4n) is 1.67. The van der Waals surface area contributed by atoms with Gasteiger partial charge in [0.15, 0.2) is 0 Å². The molecule has 1 aromatic carbocycles. The zero-order valence-corrected chi connectivity index (χ0v) is 11.7. The third kappa shape index (κ3) is 5.28. The molecule has 0 spiro atoms. The van der Waals surface area contributed by atoms with Crippen LogP contribution in [-0.2, 0) is 20.9 Å². The molecule has 0 aromatic heterocycles. The number of para-hydroxylation sites is 1. The van der Waals surface area contributed by atoms with Gasteiger partial charge in [-0.15, -0.1) is 0 Å². The number of carbonyl (C=O) groups excluding carboxylic acids is 1. The Morgan fingerprint density at radius 2 is 2.00 bits per heavy atom. The first-order valence-corrected chi connectivity index (χ1v) is 6.29. The quantitative estimate of drug-likeness (QED) is 0.698. The van der Waals surface area contributed by atoms with Crippen LogP contribution in [0.25, 0.3) is 0 Å². The van der Waals surface area contributed by atoms with Gasteiger partial charge >= 0.3 is 0 Å². The number of anilines is 1. The Labute approximate surface area is 114 Å². The van der Waals surface area contributed by atoms with E-state index in [0.717, 1.165) is 11.3 Å². The predicted octanol–water partition coefficient (Wildman–Crippen LogP) is 1.40. The van der Waals surface area contributed by atoms with Crippen molar-refractivity contribution < 1.29 is 14.3 Å². The molecule has 106 valence electrons. The normalized spacial score (nSPS) is 11.9. The summed E-state index contributed by atoms with van der Waals surface area (Å²) in [7, 11) is 3.26. The van der Waals surface area contributed by atoms with Gasteiger partial charge in [-0.25, -0.2) is 0 Å². The lowest BCUT2D eigenvalue weighted by molar-refractivity contribution is -0.121. The minimum absolute atomic E-state index is 0.0516. The van der Waals surface area contributed by atoms with E-state index < -0.39 is 0 Å². The Bertz CT molecular complexity index is 396. The van der Waals surface area contributed by atoms with Crippen LogP contribution >= 0.6 is 0 Å². The number of benzene rings is 1. The second-order valence-corrected chi connectivity index (χ2v) is 4.24. The molecule has 0 aliphatic heterocycles. The Hall–Kier alpha value is -1.59. The number of nitrogens with one attached hydrogen (secondary N) is 2. The first-order valence-electron chi connectivity index (χ1n) is 6.29. The second kappa shape index (κ2) is 8.50. The maximum atomic E-state index is 11.8. The molecule has 0 saturated heterocycles. The zero-order valence-electron chi connectivity index (χ0n) is 11.7. The van der Waals surface area contributed by atoms with E-state index in [4.69, 9.17) is 9.47 Å². The second-order valence-electron chi connectivity index (χ2n) is 4.24. The summed E-state index contributed by atoms with van der Waals surface area (Å²) in [5, 5.41) is 5.99. The largest absolute Gasteiger partial charge is 0.383 e. The van der Waals surface area contributed by atoms with Gasteiger partial charge < -0.3 is 20.1 Å². The molecule has 0 fully saturated rings. The highest BCUT2D eigenvalue weighted by molar-refractivity contribution is 5.84. The van der Waals surface area contributed by atoms with Crippen LogP contribution in [0.15, 0.2) is 24.3 Å². The van der Waals surface area contributed by atoms with Gasteiger partial charge in [0.25, 0.3) is 0 Å². The molecule has 0 aliphatic rings. The summed E-state index contributed by atoms with van der Waals surface area (Å²) in [6, 6.07) is 7.48. The number of hydrogen-bond donors (Lipinski definition) is 2. The predicted molar refractivity (Wildman–Crippen MR) is 75.1 cm³/mol. The minimum atomic E-state index is -0.310. The lowest BCUT2D eigenvalue weighted by atomic mass is 10.1. The van der Waals surface area contributed by atoms with Crippen LogP contribution in [0.5, 0.6) is 0 Å². The third-order valence-corrected chi connectivity index (χ3v) is 2.69. The topological polar surface area (TPSA) is 59.6 Å². The first kappa shape index (κ1) is 15.5. The van der Waals surface area contributed by atoms with Crippen molar-refractivity contribution in [3.8, 4) is 0 Å². The summed E-state index contributed by atoms with van der Waals surface area (Å²) in [5.74, 6) is -0.0516. The number of hydrogen-bond acceptors (Lipinski definition) is 4. The van der Waals surface area contributed by atoms with Crippen LogP contribution in [0.1, 0.15) is 12.5 Å². The lowest BCUT2D eigenvalue weighted by Gasteiger charge is -2.17. The van der Waals surface area contributed by atoms with Crippen LogP contribution in [0.4, 0.5) is 5.69 Å². The van der Waals surface area contributed by atoms with Crippen molar-refractivity contribution in [1.29, 1.82) is 0 Å². The average Bonchev–Trinajstić information content (AvgIpc) is 2.41. The molecular weight excluding hydrogens is 244 g/mol. The van der Waals surface area contributed by atoms with Crippen LogP contribution in [-0.4, -0.2) is 39.3 Å². The maximum absolute atomic E-state index is 11.8. The van der Waals surface area contributed by atoms with Gasteiger partial charge in [0, 0.05) is 32.0 Å². The number of ether oxygens (including phenoxy) is 2. The van der Waals surface area contributed by atoms with Crippen molar-refractivity contribution in [3.05, 3.63) is 29.8 Å². The molecule has 19 heavy (non-hydrogen) atoms. The van der Waals surface area contributed by atoms with E-state index in [1.807, 2.05) is 31.2 Å². The van der Waals surface area contributed by atoms with E-state index in [0.29, 0.717) is 19.8 Å².